The molecule has 0 saturated carbocycles. The van der Waals surface area contributed by atoms with E-state index in [-0.39, 0.29) is 5.75 Å². The van der Waals surface area contributed by atoms with E-state index in [9.17, 15) is 9.59 Å². The standard InChI is InChI=1S/C16H12Br2O4/c1-2-21-15-5-3-10(8-13(15)18)16(20)22-14-6-4-12(17)7-11(14)9-19/h3-9H,2H2,1H3. The largest absolute Gasteiger partial charge is 0.493 e. The molecule has 0 atom stereocenters. The van der Waals surface area contributed by atoms with Crippen molar-refractivity contribution in [3.8, 4) is 11.5 Å². The molecule has 0 radical (unpaired) electrons. The predicted octanol–water partition coefficient (Wildman–Crippen LogP) is 4.64. The molecule has 0 bridgehead atoms. The summed E-state index contributed by atoms with van der Waals surface area (Å²) < 4.78 is 12.1. The minimum atomic E-state index is -0.547. The maximum absolute atomic E-state index is 12.2. The second kappa shape index (κ2) is 7.56. The van der Waals surface area contributed by atoms with Crippen LogP contribution in [0.15, 0.2) is 45.3 Å². The molecule has 0 unspecified atom stereocenters. The monoisotopic (exact) mass is 426 g/mol. The summed E-state index contributed by atoms with van der Waals surface area (Å²) in [6.07, 6.45) is 0.640. The Bertz CT molecular complexity index is 713. The minimum absolute atomic E-state index is 0.216. The zero-order chi connectivity index (χ0) is 16.1. The molecule has 2 aromatic carbocycles. The lowest BCUT2D eigenvalue weighted by atomic mass is 10.2. The summed E-state index contributed by atoms with van der Waals surface area (Å²) in [6.45, 7) is 2.41. The maximum Gasteiger partial charge on any atom is 0.343 e. The molecule has 22 heavy (non-hydrogen) atoms. The molecule has 0 fully saturated rings. The first-order chi connectivity index (χ1) is 10.5. The van der Waals surface area contributed by atoms with E-state index in [0.29, 0.717) is 34.2 Å². The van der Waals surface area contributed by atoms with Gasteiger partial charge in [-0.2, -0.15) is 0 Å². The lowest BCUT2D eigenvalue weighted by Gasteiger charge is -2.09. The normalized spacial score (nSPS) is 10.1. The molecule has 0 aliphatic rings. The Morgan fingerprint density at radius 3 is 2.50 bits per heavy atom. The van der Waals surface area contributed by atoms with Crippen LogP contribution < -0.4 is 9.47 Å². The van der Waals surface area contributed by atoms with Crippen molar-refractivity contribution >= 4 is 44.1 Å². The number of carbonyl (C=O) groups excluding carboxylic acids is 2. The van der Waals surface area contributed by atoms with E-state index >= 15 is 0 Å². The molecule has 0 aliphatic carbocycles. The lowest BCUT2D eigenvalue weighted by molar-refractivity contribution is 0.0733. The summed E-state index contributed by atoms with van der Waals surface area (Å²) in [6, 6.07) is 9.76. The number of ether oxygens (including phenoxy) is 2. The topological polar surface area (TPSA) is 52.6 Å². The van der Waals surface area contributed by atoms with Crippen LogP contribution in [0.3, 0.4) is 0 Å². The number of carbonyl (C=O) groups is 2. The Labute approximate surface area is 144 Å². The van der Waals surface area contributed by atoms with E-state index in [4.69, 9.17) is 9.47 Å². The number of rotatable bonds is 5. The predicted molar refractivity (Wildman–Crippen MR) is 89.8 cm³/mol. The molecule has 4 nitrogen and oxygen atoms in total. The van der Waals surface area contributed by atoms with Gasteiger partial charge < -0.3 is 9.47 Å². The van der Waals surface area contributed by atoms with Crippen LogP contribution in [-0.4, -0.2) is 18.9 Å². The van der Waals surface area contributed by atoms with Gasteiger partial charge in [0, 0.05) is 4.47 Å². The molecule has 0 aromatic heterocycles. The number of aldehydes is 1. The number of benzene rings is 2. The van der Waals surface area contributed by atoms with Crippen LogP contribution >= 0.6 is 31.9 Å². The van der Waals surface area contributed by atoms with Gasteiger partial charge in [0.15, 0.2) is 6.29 Å². The van der Waals surface area contributed by atoms with Crippen LogP contribution in [0, 0.1) is 0 Å². The molecule has 0 N–H and O–H groups in total. The first-order valence-electron chi connectivity index (χ1n) is 6.44. The first-order valence-corrected chi connectivity index (χ1v) is 8.03. The van der Waals surface area contributed by atoms with Crippen molar-refractivity contribution in [2.45, 2.75) is 6.92 Å². The highest BCUT2D eigenvalue weighted by Crippen LogP contribution is 2.27. The smallest absolute Gasteiger partial charge is 0.343 e. The van der Waals surface area contributed by atoms with E-state index in [1.165, 1.54) is 0 Å². The van der Waals surface area contributed by atoms with E-state index in [2.05, 4.69) is 31.9 Å². The molecule has 0 saturated heterocycles. The highest BCUT2D eigenvalue weighted by molar-refractivity contribution is 9.10. The molecular weight excluding hydrogens is 416 g/mol. The summed E-state index contributed by atoms with van der Waals surface area (Å²) in [4.78, 5) is 23.2. The van der Waals surface area contributed by atoms with E-state index in [1.807, 2.05) is 6.92 Å². The van der Waals surface area contributed by atoms with Crippen molar-refractivity contribution in [1.29, 1.82) is 0 Å². The third-order valence-corrected chi connectivity index (χ3v) is 3.88. The van der Waals surface area contributed by atoms with Gasteiger partial charge in [-0.15, -0.1) is 0 Å². The molecule has 6 heteroatoms. The number of hydrogen-bond acceptors (Lipinski definition) is 4. The Kier molecular flexibility index (Phi) is 5.74. The van der Waals surface area contributed by atoms with Crippen LogP contribution in [-0.2, 0) is 0 Å². The maximum atomic E-state index is 12.2. The van der Waals surface area contributed by atoms with Gasteiger partial charge in [-0.05, 0) is 59.3 Å². The molecule has 2 rings (SSSR count). The van der Waals surface area contributed by atoms with Gasteiger partial charge in [0.25, 0.3) is 0 Å². The van der Waals surface area contributed by atoms with E-state index in [0.717, 1.165) is 4.47 Å². The van der Waals surface area contributed by atoms with E-state index < -0.39 is 5.97 Å². The van der Waals surface area contributed by atoms with Crippen LogP contribution in [0.4, 0.5) is 0 Å². The summed E-state index contributed by atoms with van der Waals surface area (Å²) in [5.74, 6) is 0.318. The quantitative estimate of drug-likeness (QED) is 0.396. The average molecular weight is 428 g/mol. The van der Waals surface area contributed by atoms with E-state index in [1.54, 1.807) is 36.4 Å². The second-order valence-electron chi connectivity index (χ2n) is 4.27. The Morgan fingerprint density at radius 1 is 1.14 bits per heavy atom. The molecule has 2 aromatic rings. The molecular formula is C16H12Br2O4. The number of hydrogen-bond donors (Lipinski definition) is 0. The molecule has 0 spiro atoms. The van der Waals surface area contributed by atoms with Crippen LogP contribution in [0.2, 0.25) is 0 Å². The Balaban J connectivity index is 2.22. The van der Waals surface area contributed by atoms with Gasteiger partial charge in [-0.25, -0.2) is 4.79 Å². The Hall–Kier alpha value is -1.66. The van der Waals surface area contributed by atoms with Gasteiger partial charge in [0.2, 0.25) is 0 Å². The van der Waals surface area contributed by atoms with Crippen molar-refractivity contribution in [3.05, 3.63) is 56.5 Å². The summed E-state index contributed by atoms with van der Waals surface area (Å²) in [5.41, 5.74) is 0.655. The van der Waals surface area contributed by atoms with Crippen LogP contribution in [0.5, 0.6) is 11.5 Å². The SMILES string of the molecule is CCOc1ccc(C(=O)Oc2ccc(Br)cc2C=O)cc1Br. The zero-order valence-corrected chi connectivity index (χ0v) is 14.8. The van der Waals surface area contributed by atoms with Crippen LogP contribution in [0.1, 0.15) is 27.6 Å². The molecule has 0 heterocycles. The van der Waals surface area contributed by atoms with Crippen molar-refractivity contribution in [1.82, 2.24) is 0 Å². The lowest BCUT2D eigenvalue weighted by Crippen LogP contribution is -2.10. The summed E-state index contributed by atoms with van der Waals surface area (Å²) in [7, 11) is 0. The van der Waals surface area contributed by atoms with Gasteiger partial charge >= 0.3 is 5.97 Å². The van der Waals surface area contributed by atoms with Gasteiger partial charge in [-0.1, -0.05) is 15.9 Å². The Morgan fingerprint density at radius 2 is 1.86 bits per heavy atom. The van der Waals surface area contributed by atoms with Gasteiger partial charge in [-0.3, -0.25) is 4.79 Å². The number of halogens is 2. The fourth-order valence-electron chi connectivity index (χ4n) is 1.76. The van der Waals surface area contributed by atoms with Crippen molar-refractivity contribution < 1.29 is 19.1 Å². The second-order valence-corrected chi connectivity index (χ2v) is 6.04. The third kappa shape index (κ3) is 3.96. The fraction of sp³-hybridized carbons (Fsp3) is 0.125. The van der Waals surface area contributed by atoms with Crippen molar-refractivity contribution in [2.75, 3.05) is 6.61 Å². The van der Waals surface area contributed by atoms with Gasteiger partial charge in [0.1, 0.15) is 11.5 Å². The van der Waals surface area contributed by atoms with Crippen molar-refractivity contribution in [3.63, 3.8) is 0 Å². The molecule has 114 valence electrons. The first kappa shape index (κ1) is 16.7. The third-order valence-electron chi connectivity index (χ3n) is 2.77. The van der Waals surface area contributed by atoms with Crippen molar-refractivity contribution in [2.24, 2.45) is 0 Å². The zero-order valence-electron chi connectivity index (χ0n) is 11.6. The minimum Gasteiger partial charge on any atom is -0.493 e. The summed E-state index contributed by atoms with van der Waals surface area (Å²) in [5, 5.41) is 0. The molecule has 0 aliphatic heterocycles. The van der Waals surface area contributed by atoms with Gasteiger partial charge in [0.05, 0.1) is 22.2 Å². The number of esters is 1. The van der Waals surface area contributed by atoms with Crippen LogP contribution in [0.25, 0.3) is 0 Å². The highest BCUT2D eigenvalue weighted by atomic mass is 79.9. The average Bonchev–Trinajstić information content (AvgIpc) is 2.51. The highest BCUT2D eigenvalue weighted by Gasteiger charge is 2.14. The fourth-order valence-corrected chi connectivity index (χ4v) is 2.64. The summed E-state index contributed by atoms with van der Waals surface area (Å²) >= 11 is 6.61. The molecule has 0 amide bonds.